The third-order valence-electron chi connectivity index (χ3n) is 0.742. The van der Waals surface area contributed by atoms with Crippen molar-refractivity contribution in [3.05, 3.63) is 0 Å². The van der Waals surface area contributed by atoms with Gasteiger partial charge < -0.3 is 0 Å². The molecule has 0 aliphatic carbocycles. The van der Waals surface area contributed by atoms with Gasteiger partial charge in [0.1, 0.15) is 0 Å². The van der Waals surface area contributed by atoms with Gasteiger partial charge in [-0.15, -0.1) is 0 Å². The zero-order valence-electron chi connectivity index (χ0n) is 5.02. The molecule has 0 N–H and O–H groups in total. The monoisotopic (exact) mass is 222 g/mol. The van der Waals surface area contributed by atoms with Crippen LogP contribution in [-0.4, -0.2) is 33.1 Å². The van der Waals surface area contributed by atoms with E-state index in [2.05, 4.69) is 6.92 Å². The van der Waals surface area contributed by atoms with Crippen LogP contribution in [-0.2, 0) is 4.74 Å². The average Bonchev–Trinajstić information content (AvgIpc) is 1.66. The van der Waals surface area contributed by atoms with E-state index in [-0.39, 0.29) is 3.99 Å². The topological polar surface area (TPSA) is 26.3 Å². The second-order valence-corrected chi connectivity index (χ2v) is 2.87. The predicted octanol–water partition coefficient (Wildman–Crippen LogP) is 0.824. The molecule has 0 aromatic rings. The maximum absolute atomic E-state index is 10.2. The van der Waals surface area contributed by atoms with Crippen LogP contribution in [0.4, 0.5) is 4.79 Å². The van der Waals surface area contributed by atoms with Crippen molar-refractivity contribution < 1.29 is 9.53 Å². The molecule has 0 aromatic carbocycles. The van der Waals surface area contributed by atoms with E-state index >= 15 is 0 Å². The Morgan fingerprint density at radius 1 is 1.75 bits per heavy atom. The Labute approximate surface area is 62.7 Å². The minimum atomic E-state index is -0.0520. The third kappa shape index (κ3) is 6.27. The number of hydrogen-bond acceptors (Lipinski definition) is 2. The molecule has 0 aliphatic heterocycles. The molecule has 0 bridgehead atoms. The van der Waals surface area contributed by atoms with Crippen LogP contribution in [0.1, 0.15) is 19.8 Å². The van der Waals surface area contributed by atoms with Gasteiger partial charge in [-0.2, -0.15) is 0 Å². The Morgan fingerprint density at radius 2 is 2.38 bits per heavy atom. The average molecular weight is 221 g/mol. The summed E-state index contributed by atoms with van der Waals surface area (Å²) >= 11 is 0.582. The first kappa shape index (κ1) is 8.27. The summed E-state index contributed by atoms with van der Waals surface area (Å²) in [5, 5.41) is 0. The molecule has 0 aliphatic rings. The van der Waals surface area contributed by atoms with Gasteiger partial charge in [-0.05, 0) is 0 Å². The number of hydrogen-bond donors (Lipinski definition) is 0. The van der Waals surface area contributed by atoms with Crippen molar-refractivity contribution in [2.45, 2.75) is 19.8 Å². The first-order chi connectivity index (χ1) is 3.77. The normalized spacial score (nSPS) is 8.75. The number of rotatable bonds is 3. The first-order valence-electron chi connectivity index (χ1n) is 2.69. The van der Waals surface area contributed by atoms with Gasteiger partial charge in [0.05, 0.1) is 0 Å². The summed E-state index contributed by atoms with van der Waals surface area (Å²) in [4.78, 5) is 10.2. The molecule has 0 saturated heterocycles. The molecule has 0 aromatic heterocycles. The second-order valence-electron chi connectivity index (χ2n) is 1.52. The standard InChI is InChI=1S/C5H9O2.Sn.H/c1-2-3-4-7-5-6;;/h2-4H2,1H3;;. The van der Waals surface area contributed by atoms with E-state index in [4.69, 9.17) is 4.74 Å². The summed E-state index contributed by atoms with van der Waals surface area (Å²) in [5.74, 6) is 0. The fourth-order valence-corrected chi connectivity index (χ4v) is 0.653. The van der Waals surface area contributed by atoms with Gasteiger partial charge in [0, 0.05) is 0 Å². The van der Waals surface area contributed by atoms with Gasteiger partial charge in [-0.25, -0.2) is 0 Å². The number of carbonyl (C=O) groups is 1. The zero-order valence-corrected chi connectivity index (χ0v) is 8.31. The Hall–Kier alpha value is 0.269. The van der Waals surface area contributed by atoms with Crippen molar-refractivity contribution in [3.63, 3.8) is 0 Å². The first-order valence-corrected chi connectivity index (χ1v) is 4.34. The molecule has 0 rings (SSSR count). The van der Waals surface area contributed by atoms with Crippen molar-refractivity contribution in [1.82, 2.24) is 0 Å². The van der Waals surface area contributed by atoms with Crippen LogP contribution in [0.3, 0.4) is 0 Å². The maximum atomic E-state index is 10.2. The van der Waals surface area contributed by atoms with Crippen LogP contribution >= 0.6 is 0 Å². The second kappa shape index (κ2) is 5.41. The molecule has 0 atom stereocenters. The van der Waals surface area contributed by atoms with E-state index in [0.29, 0.717) is 29.1 Å². The molecular formula is C5H10O2Sn. The quantitative estimate of drug-likeness (QED) is 0.520. The van der Waals surface area contributed by atoms with Gasteiger partial charge in [-0.1, -0.05) is 0 Å². The SMILES string of the molecule is CCCCO[C](=O)[SnH]. The predicted molar refractivity (Wildman–Crippen MR) is 33.4 cm³/mol. The molecule has 0 spiro atoms. The molecule has 3 heteroatoms. The van der Waals surface area contributed by atoms with Gasteiger partial charge in [-0.3, -0.25) is 0 Å². The van der Waals surface area contributed by atoms with Crippen LogP contribution in [0.2, 0.25) is 0 Å². The Bertz CT molecular complexity index is 72.8. The molecule has 0 amide bonds. The van der Waals surface area contributed by atoms with Crippen LogP contribution in [0.15, 0.2) is 0 Å². The van der Waals surface area contributed by atoms with Crippen molar-refractivity contribution in [2.75, 3.05) is 6.61 Å². The van der Waals surface area contributed by atoms with E-state index in [0.717, 1.165) is 12.8 Å². The molecule has 46 valence electrons. The van der Waals surface area contributed by atoms with E-state index in [9.17, 15) is 4.79 Å². The molecular weight excluding hydrogens is 211 g/mol. The van der Waals surface area contributed by atoms with E-state index in [1.807, 2.05) is 0 Å². The van der Waals surface area contributed by atoms with Crippen LogP contribution in [0.25, 0.3) is 0 Å². The van der Waals surface area contributed by atoms with Crippen LogP contribution in [0.5, 0.6) is 0 Å². The van der Waals surface area contributed by atoms with Crippen LogP contribution < -0.4 is 0 Å². The number of carbonyl (C=O) groups excluding carboxylic acids is 1. The minimum absolute atomic E-state index is 0.0520. The van der Waals surface area contributed by atoms with Crippen molar-refractivity contribution in [2.24, 2.45) is 0 Å². The summed E-state index contributed by atoms with van der Waals surface area (Å²) < 4.78 is 4.65. The Morgan fingerprint density at radius 3 is 2.75 bits per heavy atom. The molecule has 8 heavy (non-hydrogen) atoms. The number of unbranched alkanes of at least 4 members (excludes halogenated alkanes) is 1. The molecule has 2 nitrogen and oxygen atoms in total. The fraction of sp³-hybridized carbons (Fsp3) is 0.800. The summed E-state index contributed by atoms with van der Waals surface area (Å²) in [6.07, 6.45) is 2.08. The van der Waals surface area contributed by atoms with Gasteiger partial charge in [0.15, 0.2) is 0 Å². The summed E-state index contributed by atoms with van der Waals surface area (Å²) in [5.41, 5.74) is 0. The molecule has 0 fully saturated rings. The summed E-state index contributed by atoms with van der Waals surface area (Å²) in [6.45, 7) is 2.68. The third-order valence-corrected chi connectivity index (χ3v) is 1.22. The molecule has 0 heterocycles. The van der Waals surface area contributed by atoms with Gasteiger partial charge in [0.25, 0.3) is 0 Å². The zero-order chi connectivity index (χ0) is 6.41. The van der Waals surface area contributed by atoms with E-state index < -0.39 is 0 Å². The van der Waals surface area contributed by atoms with Crippen molar-refractivity contribution in [1.29, 1.82) is 0 Å². The van der Waals surface area contributed by atoms with E-state index in [1.54, 1.807) is 0 Å². The summed E-state index contributed by atoms with van der Waals surface area (Å²) in [6, 6.07) is 0. The molecule has 2 radical (unpaired) electrons. The Kier molecular flexibility index (Phi) is 5.59. The van der Waals surface area contributed by atoms with Gasteiger partial charge in [0.2, 0.25) is 0 Å². The molecule has 0 saturated carbocycles. The fourth-order valence-electron chi connectivity index (χ4n) is 0.317. The van der Waals surface area contributed by atoms with Gasteiger partial charge >= 0.3 is 62.4 Å². The summed E-state index contributed by atoms with van der Waals surface area (Å²) in [7, 11) is 0. The van der Waals surface area contributed by atoms with Crippen molar-refractivity contribution >= 4 is 26.5 Å². The number of ether oxygens (including phenoxy) is 1. The Balaban J connectivity index is 2.82. The molecule has 0 unspecified atom stereocenters. The van der Waals surface area contributed by atoms with Crippen molar-refractivity contribution in [3.8, 4) is 0 Å². The van der Waals surface area contributed by atoms with E-state index in [1.165, 1.54) is 0 Å². The van der Waals surface area contributed by atoms with Crippen LogP contribution in [0, 0.1) is 0 Å².